The number of hydrazone groups is 1. The van der Waals surface area contributed by atoms with Crippen LogP contribution in [0.25, 0.3) is 0 Å². The molecule has 0 heterocycles. The number of aromatic hydroxyl groups is 1. The van der Waals surface area contributed by atoms with E-state index >= 15 is 0 Å². The molecule has 0 saturated heterocycles. The standard InChI is InChI=1S/C18H17BrClN3O4/c1-11-6-14(20)3-5-16(11)27-10-18(26)21-9-17(25)23-22-8-12-7-13(19)2-4-15(12)24/h2-8,24H,9-10H2,1H3,(H,21,26)(H,23,25). The van der Waals surface area contributed by atoms with Gasteiger partial charge in [0, 0.05) is 15.1 Å². The maximum Gasteiger partial charge on any atom is 0.259 e. The molecule has 142 valence electrons. The minimum atomic E-state index is -0.517. The number of phenols is 1. The molecule has 2 amide bonds. The first-order valence-electron chi connectivity index (χ1n) is 7.81. The molecule has 0 bridgehead atoms. The number of hydrogen-bond acceptors (Lipinski definition) is 5. The van der Waals surface area contributed by atoms with Crippen LogP contribution in [0.1, 0.15) is 11.1 Å². The number of benzene rings is 2. The molecular weight excluding hydrogens is 438 g/mol. The number of aryl methyl sites for hydroxylation is 1. The topological polar surface area (TPSA) is 100 Å². The van der Waals surface area contributed by atoms with Crippen LogP contribution in [-0.4, -0.2) is 36.3 Å². The van der Waals surface area contributed by atoms with Gasteiger partial charge in [-0.15, -0.1) is 0 Å². The highest BCUT2D eigenvalue weighted by atomic mass is 79.9. The molecule has 0 fully saturated rings. The van der Waals surface area contributed by atoms with Gasteiger partial charge < -0.3 is 15.2 Å². The molecule has 9 heteroatoms. The third kappa shape index (κ3) is 6.92. The van der Waals surface area contributed by atoms with Crippen molar-refractivity contribution in [2.45, 2.75) is 6.92 Å². The number of hydrogen-bond donors (Lipinski definition) is 3. The van der Waals surface area contributed by atoms with Crippen molar-refractivity contribution in [1.29, 1.82) is 0 Å². The van der Waals surface area contributed by atoms with Crippen LogP contribution in [0.15, 0.2) is 46.0 Å². The van der Waals surface area contributed by atoms with Crippen LogP contribution in [0, 0.1) is 6.92 Å². The van der Waals surface area contributed by atoms with E-state index in [0.717, 1.165) is 10.0 Å². The lowest BCUT2D eigenvalue weighted by molar-refractivity contribution is -0.127. The molecular formula is C18H17BrClN3O4. The molecule has 0 unspecified atom stereocenters. The Kier molecular flexibility index (Phi) is 7.63. The van der Waals surface area contributed by atoms with Gasteiger partial charge in [0.15, 0.2) is 6.61 Å². The zero-order chi connectivity index (χ0) is 19.8. The molecule has 3 N–H and O–H groups in total. The molecule has 0 aromatic heterocycles. The molecule has 0 saturated carbocycles. The first-order valence-corrected chi connectivity index (χ1v) is 8.98. The summed E-state index contributed by atoms with van der Waals surface area (Å²) in [6.45, 7) is 1.32. The highest BCUT2D eigenvalue weighted by Gasteiger charge is 2.07. The predicted octanol–water partition coefficient (Wildman–Crippen LogP) is 2.76. The maximum atomic E-state index is 11.8. The predicted molar refractivity (Wildman–Crippen MR) is 106 cm³/mol. The second-order valence-electron chi connectivity index (χ2n) is 5.47. The third-order valence-electron chi connectivity index (χ3n) is 3.32. The summed E-state index contributed by atoms with van der Waals surface area (Å²) < 4.78 is 6.15. The van der Waals surface area contributed by atoms with E-state index < -0.39 is 11.8 Å². The monoisotopic (exact) mass is 453 g/mol. The summed E-state index contributed by atoms with van der Waals surface area (Å²) in [5.41, 5.74) is 3.49. The summed E-state index contributed by atoms with van der Waals surface area (Å²) in [6, 6.07) is 9.87. The molecule has 0 aliphatic heterocycles. The fourth-order valence-corrected chi connectivity index (χ4v) is 2.60. The van der Waals surface area contributed by atoms with Gasteiger partial charge in [-0.3, -0.25) is 9.59 Å². The second kappa shape index (κ2) is 9.94. The molecule has 7 nitrogen and oxygen atoms in total. The van der Waals surface area contributed by atoms with E-state index in [1.807, 2.05) is 6.92 Å². The smallest absolute Gasteiger partial charge is 0.259 e. The summed E-state index contributed by atoms with van der Waals surface area (Å²) in [6.07, 6.45) is 1.30. The van der Waals surface area contributed by atoms with Crippen molar-refractivity contribution < 1.29 is 19.4 Å². The zero-order valence-electron chi connectivity index (χ0n) is 14.3. The van der Waals surface area contributed by atoms with Gasteiger partial charge in [0.1, 0.15) is 11.5 Å². The summed E-state index contributed by atoms with van der Waals surface area (Å²) in [5.74, 6) is -0.401. The zero-order valence-corrected chi connectivity index (χ0v) is 16.7. The molecule has 2 aromatic carbocycles. The highest BCUT2D eigenvalue weighted by Crippen LogP contribution is 2.21. The maximum absolute atomic E-state index is 11.8. The Morgan fingerprint density at radius 3 is 2.78 bits per heavy atom. The molecule has 0 aliphatic carbocycles. The number of rotatable bonds is 7. The van der Waals surface area contributed by atoms with Gasteiger partial charge in [-0.2, -0.15) is 5.10 Å². The Morgan fingerprint density at radius 1 is 1.26 bits per heavy atom. The molecule has 27 heavy (non-hydrogen) atoms. The van der Waals surface area contributed by atoms with Gasteiger partial charge in [-0.05, 0) is 48.9 Å². The Morgan fingerprint density at radius 2 is 2.04 bits per heavy atom. The van der Waals surface area contributed by atoms with E-state index in [1.54, 1.807) is 30.3 Å². The largest absolute Gasteiger partial charge is 0.507 e. The molecule has 0 spiro atoms. The first kappa shape index (κ1) is 20.7. The number of nitrogens with zero attached hydrogens (tertiary/aromatic N) is 1. The Labute approximate surface area is 169 Å². The third-order valence-corrected chi connectivity index (χ3v) is 4.05. The van der Waals surface area contributed by atoms with Crippen molar-refractivity contribution in [1.82, 2.24) is 10.7 Å². The SMILES string of the molecule is Cc1cc(Cl)ccc1OCC(=O)NCC(=O)NN=Cc1cc(Br)ccc1O. The first-order chi connectivity index (χ1) is 12.8. The lowest BCUT2D eigenvalue weighted by atomic mass is 10.2. The number of amides is 2. The molecule has 2 aromatic rings. The van der Waals surface area contributed by atoms with Gasteiger partial charge in [-0.1, -0.05) is 27.5 Å². The van der Waals surface area contributed by atoms with E-state index in [1.165, 1.54) is 12.3 Å². The fraction of sp³-hybridized carbons (Fsp3) is 0.167. The number of carbonyl (C=O) groups excluding carboxylic acids is 2. The van der Waals surface area contributed by atoms with Gasteiger partial charge in [0.25, 0.3) is 11.8 Å². The number of nitrogens with one attached hydrogen (secondary N) is 2. The summed E-state index contributed by atoms with van der Waals surface area (Å²) in [4.78, 5) is 23.4. The van der Waals surface area contributed by atoms with Crippen LogP contribution in [0.3, 0.4) is 0 Å². The minimum absolute atomic E-state index is 0.0270. The van der Waals surface area contributed by atoms with E-state index in [2.05, 4.69) is 31.8 Å². The van der Waals surface area contributed by atoms with Crippen molar-refractivity contribution in [3.05, 3.63) is 57.0 Å². The van der Waals surface area contributed by atoms with Crippen molar-refractivity contribution in [3.63, 3.8) is 0 Å². The Balaban J connectivity index is 1.73. The van der Waals surface area contributed by atoms with Crippen LogP contribution in [0.5, 0.6) is 11.5 Å². The van der Waals surface area contributed by atoms with Gasteiger partial charge in [0.2, 0.25) is 0 Å². The minimum Gasteiger partial charge on any atom is -0.507 e. The lowest BCUT2D eigenvalue weighted by Gasteiger charge is -2.09. The summed E-state index contributed by atoms with van der Waals surface area (Å²) in [5, 5.41) is 16.4. The van der Waals surface area contributed by atoms with Gasteiger partial charge in [-0.25, -0.2) is 5.43 Å². The Hall–Kier alpha value is -2.58. The van der Waals surface area contributed by atoms with E-state index in [9.17, 15) is 14.7 Å². The highest BCUT2D eigenvalue weighted by molar-refractivity contribution is 9.10. The molecule has 2 rings (SSSR count). The second-order valence-corrected chi connectivity index (χ2v) is 6.82. The molecule has 0 aliphatic rings. The average molecular weight is 455 g/mol. The number of ether oxygens (including phenoxy) is 1. The van der Waals surface area contributed by atoms with Crippen LogP contribution in [0.4, 0.5) is 0 Å². The van der Waals surface area contributed by atoms with Crippen molar-refractivity contribution in [2.75, 3.05) is 13.2 Å². The number of carbonyl (C=O) groups is 2. The lowest BCUT2D eigenvalue weighted by Crippen LogP contribution is -2.37. The van der Waals surface area contributed by atoms with Gasteiger partial charge in [0.05, 0.1) is 12.8 Å². The quantitative estimate of drug-likeness (QED) is 0.442. The van der Waals surface area contributed by atoms with E-state index in [4.69, 9.17) is 16.3 Å². The number of phenolic OH excluding ortho intramolecular Hbond substituents is 1. The Bertz CT molecular complexity index is 874. The van der Waals surface area contributed by atoms with Crippen LogP contribution in [0.2, 0.25) is 5.02 Å². The summed E-state index contributed by atoms with van der Waals surface area (Å²) in [7, 11) is 0. The molecule has 0 atom stereocenters. The van der Waals surface area contributed by atoms with Gasteiger partial charge >= 0.3 is 0 Å². The fourth-order valence-electron chi connectivity index (χ4n) is 1.99. The summed E-state index contributed by atoms with van der Waals surface area (Å²) >= 11 is 9.13. The van der Waals surface area contributed by atoms with E-state index in [0.29, 0.717) is 16.3 Å². The van der Waals surface area contributed by atoms with Crippen molar-refractivity contribution in [2.24, 2.45) is 5.10 Å². The van der Waals surface area contributed by atoms with Crippen LogP contribution in [-0.2, 0) is 9.59 Å². The van der Waals surface area contributed by atoms with Crippen LogP contribution >= 0.6 is 27.5 Å². The molecule has 0 radical (unpaired) electrons. The normalized spacial score (nSPS) is 10.6. The number of halogens is 2. The van der Waals surface area contributed by atoms with Crippen LogP contribution < -0.4 is 15.5 Å². The average Bonchev–Trinajstić information content (AvgIpc) is 2.62. The van der Waals surface area contributed by atoms with Crippen molar-refractivity contribution >= 4 is 45.6 Å². The van der Waals surface area contributed by atoms with E-state index in [-0.39, 0.29) is 18.9 Å². The van der Waals surface area contributed by atoms with Crippen molar-refractivity contribution in [3.8, 4) is 11.5 Å².